The molecule has 0 radical (unpaired) electrons. The number of aromatic nitrogens is 2. The molecule has 0 saturated carbocycles. The predicted octanol–water partition coefficient (Wildman–Crippen LogP) is 2.70. The molecule has 96 valence electrons. The molecule has 18 heavy (non-hydrogen) atoms. The summed E-state index contributed by atoms with van der Waals surface area (Å²) in [6.07, 6.45) is 5.92. The van der Waals surface area contributed by atoms with Gasteiger partial charge in [-0.2, -0.15) is 0 Å². The van der Waals surface area contributed by atoms with Crippen LogP contribution >= 0.6 is 0 Å². The maximum Gasteiger partial charge on any atom is 0.110 e. The number of aryl methyl sites for hydroxylation is 1. The number of hydrogen-bond donors (Lipinski definition) is 1. The minimum absolute atomic E-state index is 0.340. The van der Waals surface area contributed by atoms with E-state index in [1.807, 2.05) is 19.4 Å². The number of rotatable bonds is 6. The van der Waals surface area contributed by atoms with Crippen LogP contribution in [0.5, 0.6) is 0 Å². The first kappa shape index (κ1) is 12.8. The van der Waals surface area contributed by atoms with Gasteiger partial charge in [0.05, 0.1) is 0 Å². The van der Waals surface area contributed by atoms with Crippen LogP contribution in [0, 0.1) is 0 Å². The maximum absolute atomic E-state index is 4.41. The van der Waals surface area contributed by atoms with Crippen LogP contribution in [-0.4, -0.2) is 16.1 Å². The van der Waals surface area contributed by atoms with E-state index in [0.717, 1.165) is 25.2 Å². The Bertz CT molecular complexity index is 462. The topological polar surface area (TPSA) is 29.9 Å². The molecular weight excluding hydrogens is 222 g/mol. The smallest absolute Gasteiger partial charge is 0.110 e. The van der Waals surface area contributed by atoms with Crippen molar-refractivity contribution in [2.24, 2.45) is 7.05 Å². The lowest BCUT2D eigenvalue weighted by Gasteiger charge is -2.18. The first-order valence-electron chi connectivity index (χ1n) is 6.55. The van der Waals surface area contributed by atoms with E-state index in [4.69, 9.17) is 0 Å². The lowest BCUT2D eigenvalue weighted by Crippen LogP contribution is -2.25. The average molecular weight is 243 g/mol. The van der Waals surface area contributed by atoms with Crippen molar-refractivity contribution in [1.82, 2.24) is 14.9 Å². The second-order valence-corrected chi connectivity index (χ2v) is 4.58. The molecule has 1 N–H and O–H groups in total. The standard InChI is InChI=1S/C15H21N3/c1-3-9-16-14(13-7-5-4-6-8-13)12-15-17-10-11-18(15)2/h4-8,10-11,14,16H,3,9,12H2,1-2H3. The van der Waals surface area contributed by atoms with Gasteiger partial charge in [0.15, 0.2) is 0 Å². The second kappa shape index (κ2) is 6.36. The Labute approximate surface area is 109 Å². The Hall–Kier alpha value is -1.61. The van der Waals surface area contributed by atoms with Crippen LogP contribution in [-0.2, 0) is 13.5 Å². The lowest BCUT2D eigenvalue weighted by atomic mass is 10.0. The maximum atomic E-state index is 4.41. The van der Waals surface area contributed by atoms with Gasteiger partial charge in [0.2, 0.25) is 0 Å². The summed E-state index contributed by atoms with van der Waals surface area (Å²) in [5.74, 6) is 1.12. The highest BCUT2D eigenvalue weighted by Gasteiger charge is 2.13. The third-order valence-electron chi connectivity index (χ3n) is 3.15. The quantitative estimate of drug-likeness (QED) is 0.845. The molecule has 3 nitrogen and oxygen atoms in total. The summed E-state index contributed by atoms with van der Waals surface area (Å²) < 4.78 is 2.09. The first-order valence-corrected chi connectivity index (χ1v) is 6.55. The van der Waals surface area contributed by atoms with Gasteiger partial charge in [-0.05, 0) is 18.5 Å². The van der Waals surface area contributed by atoms with E-state index in [0.29, 0.717) is 6.04 Å². The highest BCUT2D eigenvalue weighted by atomic mass is 15.0. The molecule has 2 rings (SSSR count). The molecule has 0 aliphatic rings. The Morgan fingerprint density at radius 2 is 2.06 bits per heavy atom. The van der Waals surface area contributed by atoms with Crippen LogP contribution in [0.15, 0.2) is 42.7 Å². The van der Waals surface area contributed by atoms with Crippen LogP contribution in [0.2, 0.25) is 0 Å². The van der Waals surface area contributed by atoms with Gasteiger partial charge in [0, 0.05) is 31.9 Å². The summed E-state index contributed by atoms with van der Waals surface area (Å²) in [6.45, 7) is 3.22. The van der Waals surface area contributed by atoms with E-state index in [1.54, 1.807) is 0 Å². The fourth-order valence-corrected chi connectivity index (χ4v) is 2.09. The van der Waals surface area contributed by atoms with Gasteiger partial charge in [-0.1, -0.05) is 37.3 Å². The average Bonchev–Trinajstić information content (AvgIpc) is 2.81. The summed E-state index contributed by atoms with van der Waals surface area (Å²) in [6, 6.07) is 10.9. The molecule has 1 aromatic carbocycles. The van der Waals surface area contributed by atoms with Gasteiger partial charge in [0.25, 0.3) is 0 Å². The van der Waals surface area contributed by atoms with Crippen molar-refractivity contribution < 1.29 is 0 Å². The summed E-state index contributed by atoms with van der Waals surface area (Å²) in [7, 11) is 2.05. The number of nitrogens with zero attached hydrogens (tertiary/aromatic N) is 2. The van der Waals surface area contributed by atoms with Crippen LogP contribution in [0.1, 0.15) is 30.8 Å². The molecule has 0 aliphatic carbocycles. The monoisotopic (exact) mass is 243 g/mol. The first-order chi connectivity index (χ1) is 8.81. The van der Waals surface area contributed by atoms with Crippen molar-refractivity contribution >= 4 is 0 Å². The molecule has 1 heterocycles. The molecule has 3 heteroatoms. The minimum atomic E-state index is 0.340. The second-order valence-electron chi connectivity index (χ2n) is 4.58. The van der Waals surface area contributed by atoms with Gasteiger partial charge in [-0.3, -0.25) is 0 Å². The third kappa shape index (κ3) is 3.20. The molecule has 1 aromatic heterocycles. The summed E-state index contributed by atoms with van der Waals surface area (Å²) in [5.41, 5.74) is 1.33. The Kier molecular flexibility index (Phi) is 4.53. The van der Waals surface area contributed by atoms with Crippen molar-refractivity contribution in [1.29, 1.82) is 0 Å². The van der Waals surface area contributed by atoms with Crippen LogP contribution in [0.3, 0.4) is 0 Å². The highest BCUT2D eigenvalue weighted by molar-refractivity contribution is 5.20. The minimum Gasteiger partial charge on any atom is -0.338 e. The van der Waals surface area contributed by atoms with E-state index in [9.17, 15) is 0 Å². The summed E-state index contributed by atoms with van der Waals surface area (Å²) in [5, 5.41) is 3.60. The normalized spacial score (nSPS) is 12.6. The zero-order valence-corrected chi connectivity index (χ0v) is 11.1. The fraction of sp³-hybridized carbons (Fsp3) is 0.400. The molecule has 2 aromatic rings. The van der Waals surface area contributed by atoms with E-state index in [2.05, 4.69) is 52.1 Å². The van der Waals surface area contributed by atoms with E-state index >= 15 is 0 Å². The third-order valence-corrected chi connectivity index (χ3v) is 3.15. The van der Waals surface area contributed by atoms with Crippen molar-refractivity contribution in [3.8, 4) is 0 Å². The fourth-order valence-electron chi connectivity index (χ4n) is 2.09. The number of nitrogens with one attached hydrogen (secondary N) is 1. The molecule has 0 spiro atoms. The Morgan fingerprint density at radius 3 is 2.67 bits per heavy atom. The van der Waals surface area contributed by atoms with Gasteiger partial charge in [0.1, 0.15) is 5.82 Å². The van der Waals surface area contributed by atoms with Gasteiger partial charge >= 0.3 is 0 Å². The van der Waals surface area contributed by atoms with E-state index < -0.39 is 0 Å². The van der Waals surface area contributed by atoms with Gasteiger partial charge in [-0.15, -0.1) is 0 Å². The molecule has 1 unspecified atom stereocenters. The zero-order chi connectivity index (χ0) is 12.8. The van der Waals surface area contributed by atoms with Crippen LogP contribution in [0.25, 0.3) is 0 Å². The molecule has 1 atom stereocenters. The van der Waals surface area contributed by atoms with Crippen molar-refractivity contribution in [2.75, 3.05) is 6.54 Å². The summed E-state index contributed by atoms with van der Waals surface area (Å²) in [4.78, 5) is 4.41. The molecule has 0 amide bonds. The molecule has 0 fully saturated rings. The predicted molar refractivity (Wildman–Crippen MR) is 74.4 cm³/mol. The van der Waals surface area contributed by atoms with Gasteiger partial charge < -0.3 is 9.88 Å². The largest absolute Gasteiger partial charge is 0.338 e. The molecule has 0 saturated heterocycles. The van der Waals surface area contributed by atoms with E-state index in [1.165, 1.54) is 5.56 Å². The Balaban J connectivity index is 2.13. The van der Waals surface area contributed by atoms with E-state index in [-0.39, 0.29) is 0 Å². The number of hydrogen-bond acceptors (Lipinski definition) is 2. The lowest BCUT2D eigenvalue weighted by molar-refractivity contribution is 0.512. The van der Waals surface area contributed by atoms with Crippen molar-refractivity contribution in [3.63, 3.8) is 0 Å². The van der Waals surface area contributed by atoms with Crippen molar-refractivity contribution in [3.05, 3.63) is 54.1 Å². The number of imidazole rings is 1. The van der Waals surface area contributed by atoms with Crippen LogP contribution < -0.4 is 5.32 Å². The zero-order valence-electron chi connectivity index (χ0n) is 11.1. The molecule has 0 aliphatic heterocycles. The van der Waals surface area contributed by atoms with Crippen LogP contribution in [0.4, 0.5) is 0 Å². The number of benzene rings is 1. The van der Waals surface area contributed by atoms with Crippen molar-refractivity contribution in [2.45, 2.75) is 25.8 Å². The summed E-state index contributed by atoms with van der Waals surface area (Å²) >= 11 is 0. The molecular formula is C15H21N3. The molecule has 0 bridgehead atoms. The SMILES string of the molecule is CCCNC(Cc1nccn1C)c1ccccc1. The highest BCUT2D eigenvalue weighted by Crippen LogP contribution is 2.17. The van der Waals surface area contributed by atoms with Gasteiger partial charge in [-0.25, -0.2) is 4.98 Å². The Morgan fingerprint density at radius 1 is 1.28 bits per heavy atom.